The Balaban J connectivity index is 2.73. The monoisotopic (exact) mass is 213 g/mol. The zero-order valence-electron chi connectivity index (χ0n) is 9.13. The molecule has 0 radical (unpaired) electrons. The SMILES string of the molecule is CC(C)c1ccc(CC(F)(F)CN)cc1. The molecular formula is C12H17F2N. The average molecular weight is 213 g/mol. The molecule has 2 N–H and O–H groups in total. The fourth-order valence-corrected chi connectivity index (χ4v) is 1.39. The minimum Gasteiger partial charge on any atom is -0.325 e. The van der Waals surface area contributed by atoms with Gasteiger partial charge in [-0.3, -0.25) is 0 Å². The van der Waals surface area contributed by atoms with E-state index in [1.807, 2.05) is 12.1 Å². The van der Waals surface area contributed by atoms with Gasteiger partial charge in [-0.05, 0) is 17.0 Å². The molecule has 1 rings (SSSR count). The van der Waals surface area contributed by atoms with Crippen molar-refractivity contribution in [3.8, 4) is 0 Å². The highest BCUT2D eigenvalue weighted by atomic mass is 19.3. The highest BCUT2D eigenvalue weighted by Gasteiger charge is 2.26. The first-order valence-electron chi connectivity index (χ1n) is 5.11. The standard InChI is InChI=1S/C12H17F2N/c1-9(2)11-5-3-10(4-6-11)7-12(13,14)8-15/h3-6,9H,7-8,15H2,1-2H3. The van der Waals surface area contributed by atoms with Crippen LogP contribution in [0.15, 0.2) is 24.3 Å². The summed E-state index contributed by atoms with van der Waals surface area (Å²) >= 11 is 0. The Morgan fingerprint density at radius 1 is 1.20 bits per heavy atom. The minimum atomic E-state index is -2.79. The second-order valence-corrected chi connectivity index (χ2v) is 4.13. The predicted molar refractivity (Wildman–Crippen MR) is 58.2 cm³/mol. The minimum absolute atomic E-state index is 0.276. The summed E-state index contributed by atoms with van der Waals surface area (Å²) in [5.74, 6) is -2.37. The molecule has 84 valence electrons. The van der Waals surface area contributed by atoms with Crippen molar-refractivity contribution < 1.29 is 8.78 Å². The van der Waals surface area contributed by atoms with Crippen molar-refractivity contribution in [1.29, 1.82) is 0 Å². The number of halogens is 2. The fourth-order valence-electron chi connectivity index (χ4n) is 1.39. The molecule has 0 unspecified atom stereocenters. The van der Waals surface area contributed by atoms with Gasteiger partial charge in [-0.1, -0.05) is 38.1 Å². The lowest BCUT2D eigenvalue weighted by atomic mass is 9.99. The fraction of sp³-hybridized carbons (Fsp3) is 0.500. The van der Waals surface area contributed by atoms with E-state index >= 15 is 0 Å². The van der Waals surface area contributed by atoms with Gasteiger partial charge in [0.15, 0.2) is 0 Å². The van der Waals surface area contributed by atoms with Gasteiger partial charge in [0.1, 0.15) is 0 Å². The highest BCUT2D eigenvalue weighted by Crippen LogP contribution is 2.20. The molecule has 1 nitrogen and oxygen atoms in total. The maximum atomic E-state index is 13.0. The van der Waals surface area contributed by atoms with Crippen molar-refractivity contribution in [2.45, 2.75) is 32.1 Å². The molecule has 0 heterocycles. The lowest BCUT2D eigenvalue weighted by molar-refractivity contribution is 0.0115. The van der Waals surface area contributed by atoms with Crippen LogP contribution in [-0.2, 0) is 6.42 Å². The van der Waals surface area contributed by atoms with Gasteiger partial charge in [0.05, 0.1) is 6.54 Å². The van der Waals surface area contributed by atoms with Gasteiger partial charge in [-0.2, -0.15) is 0 Å². The van der Waals surface area contributed by atoms with Crippen molar-refractivity contribution in [3.63, 3.8) is 0 Å². The highest BCUT2D eigenvalue weighted by molar-refractivity contribution is 5.25. The van der Waals surface area contributed by atoms with Crippen LogP contribution in [0.5, 0.6) is 0 Å². The van der Waals surface area contributed by atoms with Gasteiger partial charge < -0.3 is 5.73 Å². The summed E-state index contributed by atoms with van der Waals surface area (Å²) in [7, 11) is 0. The maximum Gasteiger partial charge on any atom is 0.264 e. The lowest BCUT2D eigenvalue weighted by Crippen LogP contribution is -2.30. The van der Waals surface area contributed by atoms with E-state index in [0.29, 0.717) is 11.5 Å². The molecule has 0 saturated carbocycles. The summed E-state index contributed by atoms with van der Waals surface area (Å²) in [4.78, 5) is 0. The van der Waals surface area contributed by atoms with Crippen molar-refractivity contribution in [1.82, 2.24) is 0 Å². The van der Waals surface area contributed by atoms with Gasteiger partial charge >= 0.3 is 0 Å². The Morgan fingerprint density at radius 2 is 1.73 bits per heavy atom. The van der Waals surface area contributed by atoms with E-state index in [4.69, 9.17) is 5.73 Å². The Morgan fingerprint density at radius 3 is 2.13 bits per heavy atom. The van der Waals surface area contributed by atoms with Gasteiger partial charge in [-0.25, -0.2) is 8.78 Å². The maximum absolute atomic E-state index is 13.0. The number of alkyl halides is 2. The van der Waals surface area contributed by atoms with Crippen LogP contribution in [0.25, 0.3) is 0 Å². The summed E-state index contributed by atoms with van der Waals surface area (Å²) < 4.78 is 25.9. The Labute approximate surface area is 89.3 Å². The molecule has 3 heteroatoms. The molecule has 0 aliphatic carbocycles. The number of hydrogen-bond acceptors (Lipinski definition) is 1. The Hall–Kier alpha value is -0.960. The number of rotatable bonds is 4. The van der Waals surface area contributed by atoms with Gasteiger partial charge in [0, 0.05) is 6.42 Å². The zero-order chi connectivity index (χ0) is 11.5. The first-order valence-corrected chi connectivity index (χ1v) is 5.11. The Kier molecular flexibility index (Phi) is 3.80. The smallest absolute Gasteiger partial charge is 0.264 e. The number of nitrogens with two attached hydrogens (primary N) is 1. The quantitative estimate of drug-likeness (QED) is 0.817. The summed E-state index contributed by atoms with van der Waals surface area (Å²) in [6.07, 6.45) is -0.276. The van der Waals surface area contributed by atoms with E-state index in [0.717, 1.165) is 5.56 Å². The molecule has 0 bridgehead atoms. The molecule has 1 aromatic carbocycles. The molecule has 15 heavy (non-hydrogen) atoms. The average Bonchev–Trinajstić information content (AvgIpc) is 2.18. The third kappa shape index (κ3) is 3.59. The van der Waals surface area contributed by atoms with E-state index in [9.17, 15) is 8.78 Å². The molecule has 0 aliphatic heterocycles. The molecule has 0 fully saturated rings. The largest absolute Gasteiger partial charge is 0.325 e. The topological polar surface area (TPSA) is 26.0 Å². The van der Waals surface area contributed by atoms with Crippen molar-refractivity contribution in [2.24, 2.45) is 5.73 Å². The second-order valence-electron chi connectivity index (χ2n) is 4.13. The van der Waals surface area contributed by atoms with Crippen molar-refractivity contribution in [2.75, 3.05) is 6.54 Å². The molecule has 0 aliphatic rings. The van der Waals surface area contributed by atoms with Gasteiger partial charge in [0.2, 0.25) is 0 Å². The van der Waals surface area contributed by atoms with Gasteiger partial charge in [0.25, 0.3) is 5.92 Å². The molecule has 0 atom stereocenters. The van der Waals surface area contributed by atoms with Crippen molar-refractivity contribution in [3.05, 3.63) is 35.4 Å². The van der Waals surface area contributed by atoms with Gasteiger partial charge in [-0.15, -0.1) is 0 Å². The second kappa shape index (κ2) is 4.71. The van der Waals surface area contributed by atoms with E-state index in [1.165, 1.54) is 0 Å². The molecular weight excluding hydrogens is 196 g/mol. The first kappa shape index (κ1) is 12.1. The number of benzene rings is 1. The summed E-state index contributed by atoms with van der Waals surface area (Å²) in [5.41, 5.74) is 6.78. The van der Waals surface area contributed by atoms with E-state index in [2.05, 4.69) is 13.8 Å². The van der Waals surface area contributed by atoms with Crippen LogP contribution in [-0.4, -0.2) is 12.5 Å². The molecule has 0 saturated heterocycles. The van der Waals surface area contributed by atoms with E-state index < -0.39 is 12.5 Å². The third-order valence-electron chi connectivity index (χ3n) is 2.41. The van der Waals surface area contributed by atoms with E-state index in [1.54, 1.807) is 12.1 Å². The van der Waals surface area contributed by atoms with Crippen LogP contribution in [0.3, 0.4) is 0 Å². The molecule has 0 aromatic heterocycles. The predicted octanol–water partition coefficient (Wildman–Crippen LogP) is 2.95. The normalized spacial score (nSPS) is 12.1. The Bertz CT molecular complexity index is 304. The van der Waals surface area contributed by atoms with Crippen LogP contribution in [0.1, 0.15) is 30.9 Å². The molecule has 0 amide bonds. The van der Waals surface area contributed by atoms with E-state index in [-0.39, 0.29) is 6.42 Å². The lowest BCUT2D eigenvalue weighted by Gasteiger charge is -2.14. The summed E-state index contributed by atoms with van der Waals surface area (Å²) in [6.45, 7) is 3.55. The van der Waals surface area contributed by atoms with Crippen molar-refractivity contribution >= 4 is 0 Å². The zero-order valence-corrected chi connectivity index (χ0v) is 9.13. The first-order chi connectivity index (χ1) is 6.94. The summed E-state index contributed by atoms with van der Waals surface area (Å²) in [6, 6.07) is 7.29. The number of hydrogen-bond donors (Lipinski definition) is 1. The van der Waals surface area contributed by atoms with Crippen LogP contribution < -0.4 is 5.73 Å². The van der Waals surface area contributed by atoms with Crippen LogP contribution in [0.2, 0.25) is 0 Å². The van der Waals surface area contributed by atoms with Crippen LogP contribution in [0.4, 0.5) is 8.78 Å². The molecule has 1 aromatic rings. The molecule has 0 spiro atoms. The van der Waals surface area contributed by atoms with Crippen LogP contribution >= 0.6 is 0 Å². The summed E-state index contributed by atoms with van der Waals surface area (Å²) in [5, 5.41) is 0. The third-order valence-corrected chi connectivity index (χ3v) is 2.41. The van der Waals surface area contributed by atoms with Crippen LogP contribution in [0, 0.1) is 0 Å².